The highest BCUT2D eigenvalue weighted by atomic mass is 35.5. The fourth-order valence-corrected chi connectivity index (χ4v) is 5.22. The molecule has 0 radical (unpaired) electrons. The van der Waals surface area contributed by atoms with Gasteiger partial charge in [-0.2, -0.15) is 0 Å². The first kappa shape index (κ1) is 27.1. The van der Waals surface area contributed by atoms with Crippen LogP contribution in [0.3, 0.4) is 0 Å². The quantitative estimate of drug-likeness (QED) is 0.245. The van der Waals surface area contributed by atoms with Gasteiger partial charge in [0.1, 0.15) is 27.6 Å². The molecule has 0 aliphatic heterocycles. The molecule has 2 aromatic carbocycles. The van der Waals surface area contributed by atoms with E-state index >= 15 is 0 Å². The summed E-state index contributed by atoms with van der Waals surface area (Å²) >= 11 is 7.50. The first-order valence-electron chi connectivity index (χ1n) is 11.8. The van der Waals surface area contributed by atoms with E-state index in [2.05, 4.69) is 10.5 Å². The minimum absolute atomic E-state index is 0.0757. The number of ether oxygens (including phenoxy) is 2. The van der Waals surface area contributed by atoms with Crippen molar-refractivity contribution in [3.63, 3.8) is 0 Å². The zero-order valence-electron chi connectivity index (χ0n) is 21.2. The summed E-state index contributed by atoms with van der Waals surface area (Å²) in [5, 5.41) is 7.35. The van der Waals surface area contributed by atoms with Crippen molar-refractivity contribution < 1.29 is 28.4 Å². The first-order valence-corrected chi connectivity index (χ1v) is 13.0. The van der Waals surface area contributed by atoms with Gasteiger partial charge in [-0.1, -0.05) is 64.8 Å². The average molecular weight is 553 g/mol. The molecular weight excluding hydrogens is 528 g/mol. The maximum Gasteiger partial charge on any atom is 0.344 e. The summed E-state index contributed by atoms with van der Waals surface area (Å²) in [5.74, 6) is -1.73. The van der Waals surface area contributed by atoms with Crippen LogP contribution in [-0.2, 0) is 14.3 Å². The Kier molecular flexibility index (Phi) is 8.29. The number of esters is 2. The van der Waals surface area contributed by atoms with Gasteiger partial charge >= 0.3 is 11.9 Å². The lowest BCUT2D eigenvalue weighted by Crippen LogP contribution is -2.22. The molecule has 2 heterocycles. The molecule has 4 rings (SSSR count). The van der Waals surface area contributed by atoms with Gasteiger partial charge in [0.25, 0.3) is 5.91 Å². The molecule has 196 valence electrons. The molecule has 0 bridgehead atoms. The number of thiophene rings is 1. The van der Waals surface area contributed by atoms with E-state index in [1.54, 1.807) is 38.1 Å². The second-order valence-corrected chi connectivity index (χ2v) is 10.0. The van der Waals surface area contributed by atoms with Gasteiger partial charge in [0.05, 0.1) is 11.6 Å². The highest BCUT2D eigenvalue weighted by Crippen LogP contribution is 2.40. The molecule has 1 amide bonds. The lowest BCUT2D eigenvalue weighted by molar-refractivity contribution is -0.119. The first-order chi connectivity index (χ1) is 18.2. The predicted molar refractivity (Wildman–Crippen MR) is 146 cm³/mol. The summed E-state index contributed by atoms with van der Waals surface area (Å²) in [6, 6.07) is 14.6. The van der Waals surface area contributed by atoms with Crippen LogP contribution in [0.4, 0.5) is 5.00 Å². The van der Waals surface area contributed by atoms with Crippen LogP contribution in [0.1, 0.15) is 43.8 Å². The number of anilines is 1. The molecule has 0 atom stereocenters. The van der Waals surface area contributed by atoms with Crippen molar-refractivity contribution in [2.45, 2.75) is 27.7 Å². The lowest BCUT2D eigenvalue weighted by atomic mass is 10.0. The Morgan fingerprint density at radius 3 is 2.34 bits per heavy atom. The van der Waals surface area contributed by atoms with E-state index in [1.807, 2.05) is 38.1 Å². The molecule has 10 heteroatoms. The highest BCUT2D eigenvalue weighted by molar-refractivity contribution is 7.17. The third-order valence-corrected chi connectivity index (χ3v) is 7.04. The molecule has 8 nitrogen and oxygen atoms in total. The molecule has 4 aromatic rings. The number of nitrogens with one attached hydrogen (secondary N) is 1. The molecule has 0 aliphatic rings. The van der Waals surface area contributed by atoms with E-state index in [0.717, 1.165) is 16.0 Å². The predicted octanol–water partition coefficient (Wildman–Crippen LogP) is 6.62. The summed E-state index contributed by atoms with van der Waals surface area (Å²) in [7, 11) is 0. The Labute approximate surface area is 228 Å². The number of halogens is 1. The zero-order chi connectivity index (χ0) is 27.4. The van der Waals surface area contributed by atoms with Crippen LogP contribution in [0, 0.1) is 20.8 Å². The van der Waals surface area contributed by atoms with Crippen LogP contribution in [0.5, 0.6) is 0 Å². The third-order valence-electron chi connectivity index (χ3n) is 5.69. The van der Waals surface area contributed by atoms with Crippen molar-refractivity contribution in [2.24, 2.45) is 0 Å². The Morgan fingerprint density at radius 1 is 0.974 bits per heavy atom. The zero-order valence-corrected chi connectivity index (χ0v) is 22.8. The number of aromatic nitrogens is 1. The Balaban J connectivity index is 1.55. The van der Waals surface area contributed by atoms with Gasteiger partial charge < -0.3 is 19.3 Å². The van der Waals surface area contributed by atoms with Crippen molar-refractivity contribution in [3.8, 4) is 22.4 Å². The number of carbonyl (C=O) groups is 3. The number of nitrogens with zero attached hydrogens (tertiary/aromatic N) is 1. The molecule has 38 heavy (non-hydrogen) atoms. The molecule has 0 fully saturated rings. The van der Waals surface area contributed by atoms with Gasteiger partial charge in [-0.15, -0.1) is 11.3 Å². The fourth-order valence-electron chi connectivity index (χ4n) is 3.91. The number of rotatable bonds is 8. The van der Waals surface area contributed by atoms with Crippen LogP contribution in [0.25, 0.3) is 22.4 Å². The molecule has 0 unspecified atom stereocenters. The van der Waals surface area contributed by atoms with Crippen LogP contribution < -0.4 is 5.32 Å². The SMILES string of the molecule is CCOC(=O)c1c(NC(=O)COC(=O)c2c(-c3ccccc3Cl)noc2C)sc(C)c1-c1ccc(C)cc1. The summed E-state index contributed by atoms with van der Waals surface area (Å²) in [6.45, 7) is 6.70. The Hall–Kier alpha value is -3.95. The van der Waals surface area contributed by atoms with E-state index in [-0.39, 0.29) is 29.2 Å². The van der Waals surface area contributed by atoms with Crippen molar-refractivity contribution in [3.05, 3.63) is 80.9 Å². The monoisotopic (exact) mass is 552 g/mol. The van der Waals surface area contributed by atoms with E-state index in [4.69, 9.17) is 25.6 Å². The largest absolute Gasteiger partial charge is 0.462 e. The molecule has 0 saturated heterocycles. The molecule has 1 N–H and O–H groups in total. The van der Waals surface area contributed by atoms with E-state index < -0.39 is 24.5 Å². The van der Waals surface area contributed by atoms with E-state index in [0.29, 0.717) is 21.2 Å². The Bertz CT molecular complexity index is 1510. The summed E-state index contributed by atoms with van der Waals surface area (Å²) in [6.07, 6.45) is 0. The highest BCUT2D eigenvalue weighted by Gasteiger charge is 2.27. The number of carbonyl (C=O) groups excluding carboxylic acids is 3. The minimum Gasteiger partial charge on any atom is -0.462 e. The number of hydrogen-bond acceptors (Lipinski definition) is 8. The number of amides is 1. The summed E-state index contributed by atoms with van der Waals surface area (Å²) in [5.41, 5.74) is 3.65. The molecule has 0 spiro atoms. The number of benzene rings is 2. The third kappa shape index (κ3) is 5.64. The van der Waals surface area contributed by atoms with E-state index in [9.17, 15) is 14.4 Å². The number of aryl methyl sites for hydroxylation is 3. The van der Waals surface area contributed by atoms with Gasteiger partial charge in [0.2, 0.25) is 0 Å². The summed E-state index contributed by atoms with van der Waals surface area (Å²) < 4.78 is 15.8. The van der Waals surface area contributed by atoms with Gasteiger partial charge in [-0.25, -0.2) is 9.59 Å². The van der Waals surface area contributed by atoms with Crippen LogP contribution in [0.15, 0.2) is 53.1 Å². The standard InChI is InChI=1S/C28H25ClN2O6S/c1-5-35-28(34)24-23(18-12-10-15(2)11-13-18)17(4)38-26(24)30-21(32)14-36-27(33)22-16(3)37-31-25(22)19-8-6-7-9-20(19)29/h6-13H,5,14H2,1-4H3,(H,30,32). The van der Waals surface area contributed by atoms with Gasteiger partial charge in [0, 0.05) is 16.0 Å². The van der Waals surface area contributed by atoms with E-state index in [1.165, 1.54) is 11.3 Å². The topological polar surface area (TPSA) is 108 Å². The van der Waals surface area contributed by atoms with Crippen LogP contribution in [-0.4, -0.2) is 36.2 Å². The molecule has 0 aliphatic carbocycles. The normalized spacial score (nSPS) is 10.8. The lowest BCUT2D eigenvalue weighted by Gasteiger charge is -2.10. The summed E-state index contributed by atoms with van der Waals surface area (Å²) in [4.78, 5) is 39.5. The van der Waals surface area contributed by atoms with Gasteiger partial charge in [-0.3, -0.25) is 4.79 Å². The second kappa shape index (κ2) is 11.6. The van der Waals surface area contributed by atoms with Crippen molar-refractivity contribution in [1.82, 2.24) is 5.16 Å². The smallest absolute Gasteiger partial charge is 0.344 e. The minimum atomic E-state index is -0.790. The van der Waals surface area contributed by atoms with Crippen molar-refractivity contribution >= 4 is 45.8 Å². The number of hydrogen-bond donors (Lipinski definition) is 1. The van der Waals surface area contributed by atoms with Crippen molar-refractivity contribution in [2.75, 3.05) is 18.5 Å². The molecule has 2 aromatic heterocycles. The van der Waals surface area contributed by atoms with Crippen LogP contribution >= 0.6 is 22.9 Å². The maximum absolute atomic E-state index is 12.9. The Morgan fingerprint density at radius 2 is 1.66 bits per heavy atom. The molecular formula is C28H25ClN2O6S. The van der Waals surface area contributed by atoms with Gasteiger partial charge in [0.15, 0.2) is 6.61 Å². The van der Waals surface area contributed by atoms with Crippen molar-refractivity contribution in [1.29, 1.82) is 0 Å². The molecule has 0 saturated carbocycles. The fraction of sp³-hybridized carbons (Fsp3) is 0.214. The average Bonchev–Trinajstić information content (AvgIpc) is 3.42. The maximum atomic E-state index is 12.9. The van der Waals surface area contributed by atoms with Gasteiger partial charge in [-0.05, 0) is 39.3 Å². The van der Waals surface area contributed by atoms with Crippen LogP contribution in [0.2, 0.25) is 5.02 Å². The second-order valence-electron chi connectivity index (χ2n) is 8.39.